The van der Waals surface area contributed by atoms with Crippen molar-refractivity contribution in [3.05, 3.63) is 58.1 Å². The van der Waals surface area contributed by atoms with E-state index in [9.17, 15) is 14.9 Å². The van der Waals surface area contributed by atoms with Crippen LogP contribution in [0.5, 0.6) is 5.75 Å². The highest BCUT2D eigenvalue weighted by Crippen LogP contribution is 2.32. The molecule has 0 saturated carbocycles. The lowest BCUT2D eigenvalue weighted by atomic mass is 10.1. The molecule has 2 aromatic carbocycles. The normalized spacial score (nSPS) is 10.0. The van der Waals surface area contributed by atoms with Gasteiger partial charge in [-0.3, -0.25) is 14.9 Å². The molecule has 2 N–H and O–H groups in total. The average molecular weight is 302 g/mol. The fourth-order valence-corrected chi connectivity index (χ4v) is 2.01. The van der Waals surface area contributed by atoms with Gasteiger partial charge in [-0.05, 0) is 17.7 Å². The van der Waals surface area contributed by atoms with Crippen LogP contribution >= 0.6 is 0 Å². The number of nitrogens with one attached hydrogen (secondary N) is 1. The maximum Gasteiger partial charge on any atom is 0.307 e. The van der Waals surface area contributed by atoms with Crippen molar-refractivity contribution in [1.29, 1.82) is 0 Å². The van der Waals surface area contributed by atoms with Gasteiger partial charge in [0.15, 0.2) is 0 Å². The quantitative estimate of drug-likeness (QED) is 0.628. The highest BCUT2D eigenvalue weighted by atomic mass is 16.6. The number of para-hydroxylation sites is 1. The maximum absolute atomic E-state index is 10.9. The molecule has 0 fully saturated rings. The Hall–Kier alpha value is -3.09. The van der Waals surface area contributed by atoms with E-state index < -0.39 is 10.9 Å². The third kappa shape index (κ3) is 3.51. The summed E-state index contributed by atoms with van der Waals surface area (Å²) in [5.41, 5.74) is 1.45. The van der Waals surface area contributed by atoms with Gasteiger partial charge >= 0.3 is 5.97 Å². The summed E-state index contributed by atoms with van der Waals surface area (Å²) in [4.78, 5) is 21.3. The molecule has 7 heteroatoms. The Morgan fingerprint density at radius 3 is 2.64 bits per heavy atom. The minimum Gasteiger partial charge on any atom is -0.495 e. The monoisotopic (exact) mass is 302 g/mol. The second-order valence-electron chi connectivity index (χ2n) is 4.49. The lowest BCUT2D eigenvalue weighted by Gasteiger charge is -2.13. The number of rotatable bonds is 6. The van der Waals surface area contributed by atoms with Crippen LogP contribution in [0.1, 0.15) is 5.56 Å². The zero-order valence-electron chi connectivity index (χ0n) is 11.8. The molecular formula is C15H14N2O5. The van der Waals surface area contributed by atoms with Gasteiger partial charge in [0.2, 0.25) is 0 Å². The SMILES string of the molecule is COc1ccc([N+](=O)[O-])cc1Nc1ccccc1CC(=O)O. The van der Waals surface area contributed by atoms with Crippen molar-refractivity contribution < 1.29 is 19.6 Å². The highest BCUT2D eigenvalue weighted by Gasteiger charge is 2.13. The number of nitro groups is 1. The van der Waals surface area contributed by atoms with Gasteiger partial charge in [-0.15, -0.1) is 0 Å². The summed E-state index contributed by atoms with van der Waals surface area (Å²) in [6.07, 6.45) is -0.152. The molecule has 0 heterocycles. The zero-order chi connectivity index (χ0) is 16.1. The first kappa shape index (κ1) is 15.3. The molecule has 2 rings (SSSR count). The van der Waals surface area contributed by atoms with Crippen molar-refractivity contribution in [2.24, 2.45) is 0 Å². The van der Waals surface area contributed by atoms with Crippen molar-refractivity contribution in [3.63, 3.8) is 0 Å². The summed E-state index contributed by atoms with van der Waals surface area (Å²) < 4.78 is 5.17. The molecule has 0 aromatic heterocycles. The van der Waals surface area contributed by atoms with Crippen LogP contribution in [0, 0.1) is 10.1 Å². The van der Waals surface area contributed by atoms with Gasteiger partial charge in [0.1, 0.15) is 5.75 Å². The largest absolute Gasteiger partial charge is 0.495 e. The summed E-state index contributed by atoms with van der Waals surface area (Å²) >= 11 is 0. The second-order valence-corrected chi connectivity index (χ2v) is 4.49. The zero-order valence-corrected chi connectivity index (χ0v) is 11.8. The van der Waals surface area contributed by atoms with Crippen molar-refractivity contribution in [2.75, 3.05) is 12.4 Å². The number of non-ortho nitro benzene ring substituents is 1. The van der Waals surface area contributed by atoms with E-state index in [4.69, 9.17) is 9.84 Å². The Morgan fingerprint density at radius 1 is 1.27 bits per heavy atom. The number of ether oxygens (including phenoxy) is 1. The third-order valence-electron chi connectivity index (χ3n) is 3.02. The van der Waals surface area contributed by atoms with Crippen LogP contribution in [0.4, 0.5) is 17.1 Å². The van der Waals surface area contributed by atoms with Gasteiger partial charge in [-0.25, -0.2) is 0 Å². The van der Waals surface area contributed by atoms with Gasteiger partial charge in [-0.2, -0.15) is 0 Å². The van der Waals surface area contributed by atoms with Crippen LogP contribution in [0.25, 0.3) is 0 Å². The van der Waals surface area contributed by atoms with Gasteiger partial charge in [0, 0.05) is 17.8 Å². The Morgan fingerprint density at radius 2 is 2.00 bits per heavy atom. The van der Waals surface area contributed by atoms with Gasteiger partial charge in [-0.1, -0.05) is 18.2 Å². The maximum atomic E-state index is 10.9. The molecule has 2 aromatic rings. The number of nitro benzene ring substituents is 1. The minimum absolute atomic E-state index is 0.0842. The minimum atomic E-state index is -0.958. The number of nitrogens with zero attached hydrogens (tertiary/aromatic N) is 1. The van der Waals surface area contributed by atoms with Crippen LogP contribution in [0.15, 0.2) is 42.5 Å². The van der Waals surface area contributed by atoms with Crippen LogP contribution in [-0.4, -0.2) is 23.1 Å². The smallest absolute Gasteiger partial charge is 0.307 e. The molecule has 0 saturated heterocycles. The van der Waals surface area contributed by atoms with Crippen LogP contribution in [0.2, 0.25) is 0 Å². The van der Waals surface area contributed by atoms with Crippen molar-refractivity contribution >= 4 is 23.0 Å². The molecule has 0 unspecified atom stereocenters. The fourth-order valence-electron chi connectivity index (χ4n) is 2.01. The van der Waals surface area contributed by atoms with Crippen molar-refractivity contribution in [3.8, 4) is 5.75 Å². The Balaban J connectivity index is 2.40. The van der Waals surface area contributed by atoms with Crippen LogP contribution in [0.3, 0.4) is 0 Å². The Kier molecular flexibility index (Phi) is 4.57. The van der Waals surface area contributed by atoms with E-state index in [0.717, 1.165) is 0 Å². The number of hydrogen-bond acceptors (Lipinski definition) is 5. The first-order chi connectivity index (χ1) is 10.5. The van der Waals surface area contributed by atoms with Crippen molar-refractivity contribution in [2.45, 2.75) is 6.42 Å². The summed E-state index contributed by atoms with van der Waals surface area (Å²) in [5, 5.41) is 22.8. The number of aliphatic carboxylic acids is 1. The molecule has 0 aliphatic rings. The number of hydrogen-bond donors (Lipinski definition) is 2. The molecule has 22 heavy (non-hydrogen) atoms. The molecule has 0 amide bonds. The predicted molar refractivity (Wildman–Crippen MR) is 80.7 cm³/mol. The summed E-state index contributed by atoms with van der Waals surface area (Å²) in [7, 11) is 1.45. The number of carboxylic acids is 1. The van der Waals surface area contributed by atoms with E-state index in [-0.39, 0.29) is 12.1 Å². The number of benzene rings is 2. The standard InChI is InChI=1S/C15H14N2O5/c1-22-14-7-6-11(17(20)21)9-13(14)16-12-5-3-2-4-10(12)8-15(18)19/h2-7,9,16H,8H2,1H3,(H,18,19). The topological polar surface area (TPSA) is 102 Å². The Bertz CT molecular complexity index is 715. The first-order valence-corrected chi connectivity index (χ1v) is 6.40. The predicted octanol–water partition coefficient (Wildman–Crippen LogP) is 2.97. The average Bonchev–Trinajstić information content (AvgIpc) is 2.48. The van der Waals surface area contributed by atoms with Gasteiger partial charge < -0.3 is 15.2 Å². The van der Waals surface area contributed by atoms with E-state index >= 15 is 0 Å². The summed E-state index contributed by atoms with van der Waals surface area (Å²) in [6.45, 7) is 0. The van der Waals surface area contributed by atoms with Crippen molar-refractivity contribution in [1.82, 2.24) is 0 Å². The van der Waals surface area contributed by atoms with Crippen LogP contribution < -0.4 is 10.1 Å². The van der Waals surface area contributed by atoms with E-state index in [1.165, 1.54) is 25.3 Å². The molecule has 114 valence electrons. The molecule has 0 spiro atoms. The van der Waals surface area contributed by atoms with E-state index in [0.29, 0.717) is 22.7 Å². The van der Waals surface area contributed by atoms with E-state index in [1.54, 1.807) is 24.3 Å². The third-order valence-corrected chi connectivity index (χ3v) is 3.02. The first-order valence-electron chi connectivity index (χ1n) is 6.40. The lowest BCUT2D eigenvalue weighted by molar-refractivity contribution is -0.384. The Labute approximate surface area is 126 Å². The lowest BCUT2D eigenvalue weighted by Crippen LogP contribution is -2.04. The number of carboxylic acid groups (broad SMARTS) is 1. The summed E-state index contributed by atoms with van der Waals surface area (Å²) in [6, 6.07) is 11.0. The molecule has 0 atom stereocenters. The van der Waals surface area contributed by atoms with Gasteiger partial charge in [0.25, 0.3) is 5.69 Å². The molecule has 0 radical (unpaired) electrons. The molecule has 0 aliphatic carbocycles. The summed E-state index contributed by atoms with van der Waals surface area (Å²) in [5.74, 6) is -0.531. The highest BCUT2D eigenvalue weighted by molar-refractivity contribution is 5.76. The molecular weight excluding hydrogens is 288 g/mol. The second kappa shape index (κ2) is 6.57. The molecule has 7 nitrogen and oxygen atoms in total. The fraction of sp³-hybridized carbons (Fsp3) is 0.133. The number of carbonyl (C=O) groups is 1. The van der Waals surface area contributed by atoms with Crippen LogP contribution in [-0.2, 0) is 11.2 Å². The molecule has 0 aliphatic heterocycles. The van der Waals surface area contributed by atoms with E-state index in [1.807, 2.05) is 0 Å². The molecule has 0 bridgehead atoms. The van der Waals surface area contributed by atoms with E-state index in [2.05, 4.69) is 5.32 Å². The number of methoxy groups -OCH3 is 1. The van der Waals surface area contributed by atoms with Gasteiger partial charge in [0.05, 0.1) is 24.1 Å². The number of anilines is 2.